The summed E-state index contributed by atoms with van der Waals surface area (Å²) in [6.07, 6.45) is -0.00907. The maximum absolute atomic E-state index is 13.1. The first-order chi connectivity index (χ1) is 8.97. The second-order valence-corrected chi connectivity index (χ2v) is 4.44. The Balaban J connectivity index is 2.25. The number of halogens is 2. The first-order valence-electron chi connectivity index (χ1n) is 5.80. The average Bonchev–Trinajstić information content (AvgIpc) is 2.36. The van der Waals surface area contributed by atoms with Crippen LogP contribution in [0.25, 0.3) is 0 Å². The first-order valence-corrected chi connectivity index (χ1v) is 5.80. The molecule has 0 fully saturated rings. The molecule has 0 bridgehead atoms. The van der Waals surface area contributed by atoms with E-state index in [1.807, 2.05) is 13.0 Å². The average molecular weight is 261 g/mol. The highest BCUT2D eigenvalue weighted by molar-refractivity contribution is 6.02. The molecule has 98 valence electrons. The van der Waals surface area contributed by atoms with Gasteiger partial charge in [0.2, 0.25) is 0 Å². The summed E-state index contributed by atoms with van der Waals surface area (Å²) in [4.78, 5) is 12.1. The number of carbonyl (C=O) groups is 1. The summed E-state index contributed by atoms with van der Waals surface area (Å²) in [7, 11) is 0. The van der Waals surface area contributed by atoms with Crippen molar-refractivity contribution in [3.8, 4) is 0 Å². The third kappa shape index (κ3) is 2.96. The molecule has 2 nitrogen and oxygen atoms in total. The highest BCUT2D eigenvalue weighted by atomic mass is 19.2. The number of benzene rings is 2. The van der Waals surface area contributed by atoms with Gasteiger partial charge in [0, 0.05) is 17.7 Å². The van der Waals surface area contributed by atoms with Gasteiger partial charge in [0.25, 0.3) is 0 Å². The molecule has 0 aliphatic rings. The standard InChI is InChI=1S/C15H13F2NO/c1-9-2-5-14(18)11(6-9)15(19)8-10-3-4-12(16)13(17)7-10/h2-7H,8,18H2,1H3. The lowest BCUT2D eigenvalue weighted by atomic mass is 10.00. The van der Waals surface area contributed by atoms with Gasteiger partial charge in [-0.3, -0.25) is 4.79 Å². The topological polar surface area (TPSA) is 43.1 Å². The van der Waals surface area contributed by atoms with Gasteiger partial charge in [0.15, 0.2) is 17.4 Å². The summed E-state index contributed by atoms with van der Waals surface area (Å²) in [5, 5.41) is 0. The number of hydrogen-bond acceptors (Lipinski definition) is 2. The van der Waals surface area contributed by atoms with E-state index in [1.54, 1.807) is 12.1 Å². The van der Waals surface area contributed by atoms with Crippen LogP contribution in [-0.2, 0) is 6.42 Å². The van der Waals surface area contributed by atoms with E-state index in [2.05, 4.69) is 0 Å². The number of aryl methyl sites for hydroxylation is 1. The van der Waals surface area contributed by atoms with Crippen molar-refractivity contribution < 1.29 is 13.6 Å². The number of anilines is 1. The predicted octanol–water partition coefficient (Wildman–Crippen LogP) is 3.28. The summed E-state index contributed by atoms with van der Waals surface area (Å²) in [5.41, 5.74) is 7.88. The highest BCUT2D eigenvalue weighted by Gasteiger charge is 2.12. The van der Waals surface area contributed by atoms with Crippen LogP contribution in [0.4, 0.5) is 14.5 Å². The van der Waals surface area contributed by atoms with E-state index in [4.69, 9.17) is 5.73 Å². The van der Waals surface area contributed by atoms with Crippen LogP contribution < -0.4 is 5.73 Å². The van der Waals surface area contributed by atoms with E-state index in [9.17, 15) is 13.6 Å². The van der Waals surface area contributed by atoms with Crippen LogP contribution in [0.2, 0.25) is 0 Å². The lowest BCUT2D eigenvalue weighted by molar-refractivity contribution is 0.0993. The van der Waals surface area contributed by atoms with Crippen LogP contribution in [-0.4, -0.2) is 5.78 Å². The van der Waals surface area contributed by atoms with Crippen LogP contribution in [0.1, 0.15) is 21.5 Å². The Bertz CT molecular complexity index is 638. The fourth-order valence-corrected chi connectivity index (χ4v) is 1.84. The van der Waals surface area contributed by atoms with Crippen LogP contribution in [0.3, 0.4) is 0 Å². The van der Waals surface area contributed by atoms with Crippen molar-refractivity contribution >= 4 is 11.5 Å². The largest absolute Gasteiger partial charge is 0.398 e. The van der Waals surface area contributed by atoms with Crippen molar-refractivity contribution in [2.75, 3.05) is 5.73 Å². The number of hydrogen-bond donors (Lipinski definition) is 1. The molecular weight excluding hydrogens is 248 g/mol. The molecule has 0 heterocycles. The molecular formula is C15H13F2NO. The fourth-order valence-electron chi connectivity index (χ4n) is 1.84. The molecule has 2 N–H and O–H groups in total. The van der Waals surface area contributed by atoms with Crippen molar-refractivity contribution in [1.82, 2.24) is 0 Å². The van der Waals surface area contributed by atoms with Crippen LogP contribution in [0.5, 0.6) is 0 Å². The minimum absolute atomic E-state index is 0.00907. The van der Waals surface area contributed by atoms with Gasteiger partial charge in [-0.15, -0.1) is 0 Å². The zero-order chi connectivity index (χ0) is 14.0. The molecule has 0 saturated heterocycles. The van der Waals surface area contributed by atoms with Gasteiger partial charge < -0.3 is 5.73 Å². The van der Waals surface area contributed by atoms with Crippen LogP contribution in [0, 0.1) is 18.6 Å². The Kier molecular flexibility index (Phi) is 3.60. The molecule has 2 rings (SSSR count). The van der Waals surface area contributed by atoms with E-state index in [-0.39, 0.29) is 12.2 Å². The fraction of sp³-hybridized carbons (Fsp3) is 0.133. The lowest BCUT2D eigenvalue weighted by Crippen LogP contribution is -2.07. The van der Waals surface area contributed by atoms with E-state index < -0.39 is 11.6 Å². The Labute approximate surface area is 109 Å². The van der Waals surface area contributed by atoms with Crippen molar-refractivity contribution in [3.63, 3.8) is 0 Å². The molecule has 0 saturated carbocycles. The van der Waals surface area contributed by atoms with Crippen LogP contribution in [0.15, 0.2) is 36.4 Å². The van der Waals surface area contributed by atoms with Gasteiger partial charge in [-0.05, 0) is 36.8 Å². The molecule has 2 aromatic rings. The van der Waals surface area contributed by atoms with Crippen molar-refractivity contribution in [3.05, 3.63) is 64.7 Å². The number of nitrogen functional groups attached to an aromatic ring is 1. The minimum atomic E-state index is -0.956. The highest BCUT2D eigenvalue weighted by Crippen LogP contribution is 2.17. The smallest absolute Gasteiger partial charge is 0.169 e. The molecule has 0 spiro atoms. The zero-order valence-corrected chi connectivity index (χ0v) is 10.4. The second kappa shape index (κ2) is 5.18. The van der Waals surface area contributed by atoms with Gasteiger partial charge in [-0.2, -0.15) is 0 Å². The number of nitrogens with two attached hydrogens (primary N) is 1. The molecule has 0 aromatic heterocycles. The van der Waals surface area contributed by atoms with E-state index in [0.717, 1.165) is 17.7 Å². The molecule has 4 heteroatoms. The monoisotopic (exact) mass is 261 g/mol. The Morgan fingerprint density at radius 1 is 1.11 bits per heavy atom. The molecule has 0 aliphatic heterocycles. The Hall–Kier alpha value is -2.23. The summed E-state index contributed by atoms with van der Waals surface area (Å²) >= 11 is 0. The Morgan fingerprint density at radius 2 is 1.84 bits per heavy atom. The maximum atomic E-state index is 13.1. The molecule has 0 atom stereocenters. The van der Waals surface area contributed by atoms with Crippen LogP contribution >= 0.6 is 0 Å². The summed E-state index contributed by atoms with van der Waals surface area (Å²) in [6.45, 7) is 1.85. The van der Waals surface area contributed by atoms with Gasteiger partial charge in [-0.25, -0.2) is 8.78 Å². The molecule has 0 amide bonds. The number of Topliss-reactive ketones (excluding diaryl/α,β-unsaturated/α-hetero) is 1. The zero-order valence-electron chi connectivity index (χ0n) is 10.4. The van der Waals surface area contributed by atoms with Crippen molar-refractivity contribution in [1.29, 1.82) is 0 Å². The molecule has 0 radical (unpaired) electrons. The quantitative estimate of drug-likeness (QED) is 0.680. The van der Waals surface area contributed by atoms with Gasteiger partial charge in [0.1, 0.15) is 0 Å². The predicted molar refractivity (Wildman–Crippen MR) is 70.0 cm³/mol. The SMILES string of the molecule is Cc1ccc(N)c(C(=O)Cc2ccc(F)c(F)c2)c1. The molecule has 19 heavy (non-hydrogen) atoms. The van der Waals surface area contributed by atoms with E-state index in [0.29, 0.717) is 16.8 Å². The third-order valence-electron chi connectivity index (χ3n) is 2.86. The second-order valence-electron chi connectivity index (χ2n) is 4.44. The van der Waals surface area contributed by atoms with E-state index >= 15 is 0 Å². The molecule has 2 aromatic carbocycles. The van der Waals surface area contributed by atoms with Gasteiger partial charge >= 0.3 is 0 Å². The number of ketones is 1. The third-order valence-corrected chi connectivity index (χ3v) is 2.86. The molecule has 0 aliphatic carbocycles. The van der Waals surface area contributed by atoms with Crippen molar-refractivity contribution in [2.45, 2.75) is 13.3 Å². The number of carbonyl (C=O) groups excluding carboxylic acids is 1. The van der Waals surface area contributed by atoms with E-state index in [1.165, 1.54) is 6.07 Å². The lowest BCUT2D eigenvalue weighted by Gasteiger charge is -2.06. The first kappa shape index (κ1) is 13.2. The van der Waals surface area contributed by atoms with Gasteiger partial charge in [0.05, 0.1) is 0 Å². The van der Waals surface area contributed by atoms with Crippen molar-refractivity contribution in [2.24, 2.45) is 0 Å². The Morgan fingerprint density at radius 3 is 2.53 bits per heavy atom. The molecule has 0 unspecified atom stereocenters. The summed E-state index contributed by atoms with van der Waals surface area (Å²) in [5.74, 6) is -2.10. The summed E-state index contributed by atoms with van der Waals surface area (Å²) in [6, 6.07) is 8.59. The maximum Gasteiger partial charge on any atom is 0.169 e. The summed E-state index contributed by atoms with van der Waals surface area (Å²) < 4.78 is 25.9. The number of rotatable bonds is 3. The van der Waals surface area contributed by atoms with Gasteiger partial charge in [-0.1, -0.05) is 17.7 Å². The normalized spacial score (nSPS) is 10.5. The minimum Gasteiger partial charge on any atom is -0.398 e.